The molecule has 0 heterocycles. The van der Waals surface area contributed by atoms with Gasteiger partial charge in [-0.25, -0.2) is 0 Å². The Labute approximate surface area is 134 Å². The molecule has 0 aromatic carbocycles. The van der Waals surface area contributed by atoms with E-state index in [1.807, 2.05) is 0 Å². The van der Waals surface area contributed by atoms with Crippen LogP contribution in [0.25, 0.3) is 0 Å². The third-order valence-electron chi connectivity index (χ3n) is 3.25. The monoisotopic (exact) mass is 312 g/mol. The van der Waals surface area contributed by atoms with Crippen molar-refractivity contribution in [3.63, 3.8) is 0 Å². The highest BCUT2D eigenvalue weighted by Gasteiger charge is 1.98. The smallest absolute Gasteiger partial charge is 0.244 e. The molecule has 0 atom stereocenters. The van der Waals surface area contributed by atoms with E-state index in [1.165, 1.54) is 12.2 Å². The van der Waals surface area contributed by atoms with Crippen LogP contribution in [-0.4, -0.2) is 38.0 Å². The molecular weight excluding hydrogens is 280 g/mol. The molecule has 0 spiro atoms. The van der Waals surface area contributed by atoms with Crippen LogP contribution in [0.3, 0.4) is 0 Å². The number of unbranched alkanes of at least 4 members (excludes halogenated alkanes) is 6. The Morgan fingerprint density at radius 2 is 1.00 bits per heavy atom. The van der Waals surface area contributed by atoms with Gasteiger partial charge in [-0.3, -0.25) is 9.59 Å². The predicted octanol–water partition coefficient (Wildman–Crippen LogP) is 0.813. The second kappa shape index (κ2) is 16.0. The summed E-state index contributed by atoms with van der Waals surface area (Å²) in [6, 6.07) is 0. The predicted molar refractivity (Wildman–Crippen MR) is 90.2 cm³/mol. The number of rotatable bonds is 14. The SMILES string of the molecule is NCCCCCCNC(=O)C=CC(=O)NCCCCCCN. The van der Waals surface area contributed by atoms with Gasteiger partial charge in [-0.1, -0.05) is 25.7 Å². The first kappa shape index (κ1) is 20.6. The number of amides is 2. The van der Waals surface area contributed by atoms with Gasteiger partial charge in [-0.2, -0.15) is 0 Å². The first-order valence-corrected chi connectivity index (χ1v) is 8.34. The molecule has 0 aliphatic heterocycles. The Balaban J connectivity index is 3.51. The lowest BCUT2D eigenvalue weighted by Crippen LogP contribution is -2.25. The molecule has 6 N–H and O–H groups in total. The molecule has 128 valence electrons. The van der Waals surface area contributed by atoms with Gasteiger partial charge in [-0.05, 0) is 38.8 Å². The van der Waals surface area contributed by atoms with Crippen molar-refractivity contribution in [2.75, 3.05) is 26.2 Å². The molecule has 0 aliphatic carbocycles. The third kappa shape index (κ3) is 15.0. The van der Waals surface area contributed by atoms with Crippen molar-refractivity contribution >= 4 is 11.8 Å². The maximum absolute atomic E-state index is 11.5. The van der Waals surface area contributed by atoms with E-state index in [0.29, 0.717) is 13.1 Å². The molecule has 0 saturated carbocycles. The molecule has 6 heteroatoms. The number of carbonyl (C=O) groups is 2. The summed E-state index contributed by atoms with van der Waals surface area (Å²) in [6.45, 7) is 2.71. The van der Waals surface area contributed by atoms with Gasteiger partial charge < -0.3 is 22.1 Å². The third-order valence-corrected chi connectivity index (χ3v) is 3.25. The summed E-state index contributed by atoms with van der Waals surface area (Å²) >= 11 is 0. The molecule has 0 aromatic heterocycles. The van der Waals surface area contributed by atoms with Gasteiger partial charge in [0.25, 0.3) is 0 Å². The molecule has 0 aliphatic rings. The zero-order valence-corrected chi connectivity index (χ0v) is 13.6. The lowest BCUT2D eigenvalue weighted by atomic mass is 10.2. The quantitative estimate of drug-likeness (QED) is 0.281. The highest BCUT2D eigenvalue weighted by atomic mass is 16.2. The van der Waals surface area contributed by atoms with Crippen molar-refractivity contribution in [2.45, 2.75) is 51.4 Å². The molecule has 0 bridgehead atoms. The summed E-state index contributed by atoms with van der Waals surface area (Å²) in [5, 5.41) is 5.51. The van der Waals surface area contributed by atoms with Crippen LogP contribution in [0.15, 0.2) is 12.2 Å². The van der Waals surface area contributed by atoms with Gasteiger partial charge in [0.2, 0.25) is 11.8 Å². The number of hydrogen-bond donors (Lipinski definition) is 4. The van der Waals surface area contributed by atoms with Gasteiger partial charge in [0, 0.05) is 25.2 Å². The number of hydrogen-bond acceptors (Lipinski definition) is 4. The van der Waals surface area contributed by atoms with Crippen LogP contribution in [0.1, 0.15) is 51.4 Å². The minimum Gasteiger partial charge on any atom is -0.353 e. The Morgan fingerprint density at radius 3 is 1.36 bits per heavy atom. The van der Waals surface area contributed by atoms with Crippen LogP contribution in [0.2, 0.25) is 0 Å². The maximum atomic E-state index is 11.5. The van der Waals surface area contributed by atoms with Gasteiger partial charge in [0.1, 0.15) is 0 Å². The molecule has 0 saturated heterocycles. The van der Waals surface area contributed by atoms with E-state index >= 15 is 0 Å². The van der Waals surface area contributed by atoms with Crippen LogP contribution >= 0.6 is 0 Å². The first-order chi connectivity index (χ1) is 10.7. The molecular formula is C16H32N4O2. The van der Waals surface area contributed by atoms with Crippen molar-refractivity contribution in [3.8, 4) is 0 Å². The Kier molecular flexibility index (Phi) is 15.0. The van der Waals surface area contributed by atoms with Crippen LogP contribution in [0.5, 0.6) is 0 Å². The Morgan fingerprint density at radius 1 is 0.636 bits per heavy atom. The van der Waals surface area contributed by atoms with Crippen molar-refractivity contribution < 1.29 is 9.59 Å². The topological polar surface area (TPSA) is 110 Å². The molecule has 0 rings (SSSR count). The van der Waals surface area contributed by atoms with E-state index in [2.05, 4.69) is 10.6 Å². The molecule has 22 heavy (non-hydrogen) atoms. The fraction of sp³-hybridized carbons (Fsp3) is 0.750. The van der Waals surface area contributed by atoms with E-state index in [-0.39, 0.29) is 11.8 Å². The number of carbonyl (C=O) groups excluding carboxylic acids is 2. The standard InChI is InChI=1S/C16H32N4O2/c17-11-5-1-3-7-13-19-15(21)9-10-16(22)20-14-8-4-2-6-12-18/h9-10H,1-8,11-14,17-18H2,(H,19,21)(H,20,22). The molecule has 6 nitrogen and oxygen atoms in total. The van der Waals surface area contributed by atoms with Crippen molar-refractivity contribution in [2.24, 2.45) is 11.5 Å². The number of nitrogens with one attached hydrogen (secondary N) is 2. The Hall–Kier alpha value is -1.40. The van der Waals surface area contributed by atoms with E-state index < -0.39 is 0 Å². The summed E-state index contributed by atoms with van der Waals surface area (Å²) in [5.74, 6) is -0.450. The average molecular weight is 312 g/mol. The van der Waals surface area contributed by atoms with Crippen molar-refractivity contribution in [3.05, 3.63) is 12.2 Å². The molecule has 0 radical (unpaired) electrons. The van der Waals surface area contributed by atoms with E-state index in [1.54, 1.807) is 0 Å². The average Bonchev–Trinajstić information content (AvgIpc) is 2.52. The summed E-state index contributed by atoms with van der Waals surface area (Å²) in [5.41, 5.74) is 10.8. The summed E-state index contributed by atoms with van der Waals surface area (Å²) in [7, 11) is 0. The largest absolute Gasteiger partial charge is 0.353 e. The minimum atomic E-state index is -0.225. The molecule has 0 fully saturated rings. The summed E-state index contributed by atoms with van der Waals surface area (Å²) in [6.07, 6.45) is 10.8. The zero-order valence-electron chi connectivity index (χ0n) is 13.6. The Bertz CT molecular complexity index is 289. The lowest BCUT2D eigenvalue weighted by Gasteiger charge is -2.03. The molecule has 0 unspecified atom stereocenters. The highest BCUT2D eigenvalue weighted by molar-refractivity contribution is 5.96. The van der Waals surface area contributed by atoms with Crippen LogP contribution in [-0.2, 0) is 9.59 Å². The van der Waals surface area contributed by atoms with E-state index in [0.717, 1.165) is 64.5 Å². The molecule has 0 aromatic rings. The second-order valence-corrected chi connectivity index (χ2v) is 5.32. The van der Waals surface area contributed by atoms with E-state index in [4.69, 9.17) is 11.5 Å². The van der Waals surface area contributed by atoms with Gasteiger partial charge in [0.15, 0.2) is 0 Å². The summed E-state index contributed by atoms with van der Waals surface area (Å²) < 4.78 is 0. The van der Waals surface area contributed by atoms with E-state index in [9.17, 15) is 9.59 Å². The fourth-order valence-corrected chi connectivity index (χ4v) is 1.94. The summed E-state index contributed by atoms with van der Waals surface area (Å²) in [4.78, 5) is 22.9. The second-order valence-electron chi connectivity index (χ2n) is 5.32. The highest BCUT2D eigenvalue weighted by Crippen LogP contribution is 1.97. The van der Waals surface area contributed by atoms with Crippen LogP contribution in [0, 0.1) is 0 Å². The molecule has 2 amide bonds. The van der Waals surface area contributed by atoms with Crippen LogP contribution < -0.4 is 22.1 Å². The maximum Gasteiger partial charge on any atom is 0.244 e. The zero-order chi connectivity index (χ0) is 16.5. The normalized spacial score (nSPS) is 10.8. The van der Waals surface area contributed by atoms with Gasteiger partial charge in [-0.15, -0.1) is 0 Å². The fourth-order valence-electron chi connectivity index (χ4n) is 1.94. The van der Waals surface area contributed by atoms with Crippen molar-refractivity contribution in [1.82, 2.24) is 10.6 Å². The van der Waals surface area contributed by atoms with Gasteiger partial charge >= 0.3 is 0 Å². The minimum absolute atomic E-state index is 0.225. The number of nitrogens with two attached hydrogens (primary N) is 2. The lowest BCUT2D eigenvalue weighted by molar-refractivity contribution is -0.118. The first-order valence-electron chi connectivity index (χ1n) is 8.34. The van der Waals surface area contributed by atoms with Gasteiger partial charge in [0.05, 0.1) is 0 Å². The van der Waals surface area contributed by atoms with Crippen molar-refractivity contribution in [1.29, 1.82) is 0 Å². The van der Waals surface area contributed by atoms with Crippen LogP contribution in [0.4, 0.5) is 0 Å².